The maximum atomic E-state index is 9.20. The lowest BCUT2D eigenvalue weighted by atomic mass is 9.81. The first kappa shape index (κ1) is 20.0. The molecule has 0 N–H and O–H groups in total. The first-order valence-corrected chi connectivity index (χ1v) is 9.93. The van der Waals surface area contributed by atoms with Crippen LogP contribution in [0.2, 0.25) is 0 Å². The van der Waals surface area contributed by atoms with E-state index >= 15 is 0 Å². The number of nitrogens with zero attached hydrogens (tertiary/aromatic N) is 4. The zero-order valence-corrected chi connectivity index (χ0v) is 17.4. The van der Waals surface area contributed by atoms with E-state index in [1.165, 1.54) is 0 Å². The molecule has 2 heterocycles. The van der Waals surface area contributed by atoms with Crippen molar-refractivity contribution in [2.24, 2.45) is 0 Å². The topological polar surface area (TPSA) is 53.9 Å². The summed E-state index contributed by atoms with van der Waals surface area (Å²) in [7, 11) is 0. The standard InChI is InChI=1S/C27H20N4/c1-27(2,23-14-22(17-30-18-23)20-8-4-7-19(13-20)16-28)26-12-6-11-25(31-26)21-9-5-10-24(15-21)29-3/h4-15,17-18H,1-2H3. The number of nitriles is 1. The molecule has 2 aromatic heterocycles. The molecule has 0 bridgehead atoms. The maximum absolute atomic E-state index is 9.20. The van der Waals surface area contributed by atoms with Crippen LogP contribution >= 0.6 is 0 Å². The van der Waals surface area contributed by atoms with Gasteiger partial charge in [-0.3, -0.25) is 9.97 Å². The van der Waals surface area contributed by atoms with E-state index in [0.717, 1.165) is 33.6 Å². The zero-order valence-electron chi connectivity index (χ0n) is 17.4. The lowest BCUT2D eigenvalue weighted by Crippen LogP contribution is -2.21. The van der Waals surface area contributed by atoms with Gasteiger partial charge in [-0.15, -0.1) is 0 Å². The molecule has 0 unspecified atom stereocenters. The predicted octanol–water partition coefficient (Wildman–Crippen LogP) is 6.56. The Bertz CT molecular complexity index is 1240. The Kier molecular flexibility index (Phi) is 5.31. The van der Waals surface area contributed by atoms with Crippen LogP contribution in [-0.4, -0.2) is 9.97 Å². The summed E-state index contributed by atoms with van der Waals surface area (Å²) in [6, 6.07) is 25.3. The second-order valence-electron chi connectivity index (χ2n) is 7.85. The third-order valence-electron chi connectivity index (χ3n) is 5.45. The number of hydrogen-bond donors (Lipinski definition) is 0. The first-order chi connectivity index (χ1) is 15.0. The van der Waals surface area contributed by atoms with Crippen LogP contribution in [0.5, 0.6) is 0 Å². The molecule has 4 nitrogen and oxygen atoms in total. The van der Waals surface area contributed by atoms with Gasteiger partial charge in [-0.1, -0.05) is 50.2 Å². The normalized spacial score (nSPS) is 10.8. The van der Waals surface area contributed by atoms with E-state index in [2.05, 4.69) is 35.8 Å². The average molecular weight is 400 g/mol. The van der Waals surface area contributed by atoms with Gasteiger partial charge in [0.05, 0.1) is 29.6 Å². The van der Waals surface area contributed by atoms with Crippen molar-refractivity contribution in [3.05, 3.63) is 113 Å². The molecule has 148 valence electrons. The Balaban J connectivity index is 1.74. The van der Waals surface area contributed by atoms with E-state index in [-0.39, 0.29) is 5.41 Å². The van der Waals surface area contributed by atoms with Crippen LogP contribution in [0.15, 0.2) is 85.2 Å². The highest BCUT2D eigenvalue weighted by atomic mass is 14.7. The summed E-state index contributed by atoms with van der Waals surface area (Å²) in [6.45, 7) is 11.5. The van der Waals surface area contributed by atoms with Crippen molar-refractivity contribution in [3.8, 4) is 28.5 Å². The average Bonchev–Trinajstić information content (AvgIpc) is 2.84. The lowest BCUT2D eigenvalue weighted by molar-refractivity contribution is 0.615. The highest BCUT2D eigenvalue weighted by Crippen LogP contribution is 2.34. The van der Waals surface area contributed by atoms with Crippen LogP contribution in [0.4, 0.5) is 5.69 Å². The number of aromatic nitrogens is 2. The molecule has 0 saturated heterocycles. The second-order valence-corrected chi connectivity index (χ2v) is 7.85. The molecule has 2 aromatic carbocycles. The van der Waals surface area contributed by atoms with Crippen LogP contribution in [0.25, 0.3) is 27.2 Å². The van der Waals surface area contributed by atoms with E-state index in [9.17, 15) is 5.26 Å². The van der Waals surface area contributed by atoms with Crippen LogP contribution in [-0.2, 0) is 5.41 Å². The Labute approximate surface area is 182 Å². The number of hydrogen-bond acceptors (Lipinski definition) is 3. The monoisotopic (exact) mass is 400 g/mol. The van der Waals surface area contributed by atoms with Crippen LogP contribution in [0, 0.1) is 17.9 Å². The van der Waals surface area contributed by atoms with E-state index in [1.54, 1.807) is 12.1 Å². The van der Waals surface area contributed by atoms with E-state index in [4.69, 9.17) is 11.6 Å². The lowest BCUT2D eigenvalue weighted by Gasteiger charge is -2.25. The van der Waals surface area contributed by atoms with Gasteiger partial charge in [0, 0.05) is 23.4 Å². The minimum Gasteiger partial charge on any atom is -0.264 e. The molecule has 31 heavy (non-hydrogen) atoms. The molecule has 0 aliphatic heterocycles. The van der Waals surface area contributed by atoms with Crippen molar-refractivity contribution in [1.82, 2.24) is 9.97 Å². The molecule has 4 aromatic rings. The summed E-state index contributed by atoms with van der Waals surface area (Å²) in [5.41, 5.74) is 6.47. The third-order valence-corrected chi connectivity index (χ3v) is 5.45. The fourth-order valence-corrected chi connectivity index (χ4v) is 3.53. The molecule has 0 spiro atoms. The van der Waals surface area contributed by atoms with Gasteiger partial charge in [-0.05, 0) is 53.1 Å². The molecule has 0 saturated carbocycles. The Morgan fingerprint density at radius 1 is 0.871 bits per heavy atom. The van der Waals surface area contributed by atoms with Crippen LogP contribution in [0.3, 0.4) is 0 Å². The quantitative estimate of drug-likeness (QED) is 0.365. The molecule has 0 fully saturated rings. The van der Waals surface area contributed by atoms with Gasteiger partial charge < -0.3 is 0 Å². The van der Waals surface area contributed by atoms with Crippen molar-refractivity contribution >= 4 is 5.69 Å². The second kappa shape index (κ2) is 8.22. The summed E-state index contributed by atoms with van der Waals surface area (Å²) in [5, 5.41) is 9.20. The first-order valence-electron chi connectivity index (χ1n) is 9.93. The minimum atomic E-state index is -0.386. The smallest absolute Gasteiger partial charge is 0.187 e. The van der Waals surface area contributed by atoms with Gasteiger partial charge in [0.25, 0.3) is 0 Å². The van der Waals surface area contributed by atoms with Crippen molar-refractivity contribution in [3.63, 3.8) is 0 Å². The van der Waals surface area contributed by atoms with Gasteiger partial charge in [-0.2, -0.15) is 5.26 Å². The fourth-order valence-electron chi connectivity index (χ4n) is 3.53. The SMILES string of the molecule is [C-]#[N+]c1cccc(-c2cccc(C(C)(C)c3cncc(-c4cccc(C#N)c4)c3)n2)c1. The number of pyridine rings is 2. The van der Waals surface area contributed by atoms with E-state index < -0.39 is 0 Å². The molecule has 0 amide bonds. The molecule has 0 radical (unpaired) electrons. The van der Waals surface area contributed by atoms with Gasteiger partial charge in [-0.25, -0.2) is 4.85 Å². The number of rotatable bonds is 4. The maximum Gasteiger partial charge on any atom is 0.187 e. The molecule has 4 heteroatoms. The van der Waals surface area contributed by atoms with Gasteiger partial charge >= 0.3 is 0 Å². The van der Waals surface area contributed by atoms with Gasteiger partial charge in [0.15, 0.2) is 5.69 Å². The fraction of sp³-hybridized carbons (Fsp3) is 0.111. The Morgan fingerprint density at radius 2 is 1.65 bits per heavy atom. The summed E-state index contributed by atoms with van der Waals surface area (Å²) >= 11 is 0. The Hall–Kier alpha value is -4.28. The van der Waals surface area contributed by atoms with Crippen molar-refractivity contribution in [2.45, 2.75) is 19.3 Å². The van der Waals surface area contributed by atoms with E-state index in [0.29, 0.717) is 11.3 Å². The van der Waals surface area contributed by atoms with Crippen LogP contribution < -0.4 is 0 Å². The summed E-state index contributed by atoms with van der Waals surface area (Å²) in [6.07, 6.45) is 3.68. The molecule has 4 rings (SSSR count). The molecular formula is C27H20N4. The van der Waals surface area contributed by atoms with Crippen molar-refractivity contribution in [2.75, 3.05) is 0 Å². The third kappa shape index (κ3) is 4.06. The van der Waals surface area contributed by atoms with Crippen molar-refractivity contribution < 1.29 is 0 Å². The largest absolute Gasteiger partial charge is 0.264 e. The van der Waals surface area contributed by atoms with Crippen LogP contribution in [0.1, 0.15) is 30.7 Å². The van der Waals surface area contributed by atoms with E-state index in [1.807, 2.05) is 67.0 Å². The molecule has 0 aliphatic carbocycles. The summed E-state index contributed by atoms with van der Waals surface area (Å²) in [4.78, 5) is 12.9. The Morgan fingerprint density at radius 3 is 2.45 bits per heavy atom. The van der Waals surface area contributed by atoms with Crippen molar-refractivity contribution in [1.29, 1.82) is 5.26 Å². The molecule has 0 aliphatic rings. The van der Waals surface area contributed by atoms with Gasteiger partial charge in [0.2, 0.25) is 0 Å². The molecule has 0 atom stereocenters. The zero-order chi connectivity index (χ0) is 21.8. The highest BCUT2D eigenvalue weighted by Gasteiger charge is 2.26. The predicted molar refractivity (Wildman–Crippen MR) is 122 cm³/mol. The summed E-state index contributed by atoms with van der Waals surface area (Å²) in [5.74, 6) is 0. The number of benzene rings is 2. The van der Waals surface area contributed by atoms with Gasteiger partial charge in [0.1, 0.15) is 0 Å². The minimum absolute atomic E-state index is 0.386. The summed E-state index contributed by atoms with van der Waals surface area (Å²) < 4.78 is 0. The highest BCUT2D eigenvalue weighted by molar-refractivity contribution is 5.67. The molecular weight excluding hydrogens is 380 g/mol.